The van der Waals surface area contributed by atoms with E-state index in [4.69, 9.17) is 5.26 Å². The van der Waals surface area contributed by atoms with E-state index in [0.29, 0.717) is 6.42 Å². The van der Waals surface area contributed by atoms with Crippen LogP contribution in [-0.2, 0) is 0 Å². The van der Waals surface area contributed by atoms with Gasteiger partial charge >= 0.3 is 0 Å². The van der Waals surface area contributed by atoms with Crippen molar-refractivity contribution in [2.45, 2.75) is 39.3 Å². The molecular formula is C8H14FN. The Labute approximate surface area is 61.9 Å². The van der Waals surface area contributed by atoms with Gasteiger partial charge in [-0.2, -0.15) is 5.26 Å². The van der Waals surface area contributed by atoms with E-state index in [1.54, 1.807) is 6.92 Å². The summed E-state index contributed by atoms with van der Waals surface area (Å²) in [6, 6.07) is 2.04. The van der Waals surface area contributed by atoms with Gasteiger partial charge in [0.2, 0.25) is 0 Å². The number of alkyl halides is 1. The number of nitriles is 1. The van der Waals surface area contributed by atoms with Crippen LogP contribution in [0.3, 0.4) is 0 Å². The summed E-state index contributed by atoms with van der Waals surface area (Å²) in [4.78, 5) is 0. The van der Waals surface area contributed by atoms with Crippen molar-refractivity contribution < 1.29 is 4.39 Å². The first-order valence-electron chi connectivity index (χ1n) is 3.69. The van der Waals surface area contributed by atoms with Gasteiger partial charge in [-0.1, -0.05) is 6.92 Å². The molecular weight excluding hydrogens is 129 g/mol. The van der Waals surface area contributed by atoms with Crippen LogP contribution in [0.25, 0.3) is 0 Å². The van der Waals surface area contributed by atoms with Crippen molar-refractivity contribution in [3.8, 4) is 6.07 Å². The molecule has 0 unspecified atom stereocenters. The first kappa shape index (κ1) is 9.42. The normalized spacial score (nSPS) is 15.8. The van der Waals surface area contributed by atoms with Crippen LogP contribution in [0.15, 0.2) is 0 Å². The number of unbranched alkanes of at least 4 members (excludes halogenated alkanes) is 1. The minimum absolute atomic E-state index is 0.105. The Morgan fingerprint density at radius 2 is 2.10 bits per heavy atom. The minimum Gasteiger partial charge on any atom is -0.248 e. The number of rotatable bonds is 4. The zero-order valence-electron chi connectivity index (χ0n) is 6.60. The van der Waals surface area contributed by atoms with E-state index < -0.39 is 6.17 Å². The number of nitrogens with zero attached hydrogens (tertiary/aromatic N) is 1. The lowest BCUT2D eigenvalue weighted by molar-refractivity contribution is 0.250. The highest BCUT2D eigenvalue weighted by atomic mass is 19.1. The molecule has 1 nitrogen and oxygen atoms in total. The molecule has 0 spiro atoms. The van der Waals surface area contributed by atoms with Crippen LogP contribution < -0.4 is 0 Å². The van der Waals surface area contributed by atoms with Gasteiger partial charge in [0.05, 0.1) is 12.2 Å². The number of hydrogen-bond acceptors (Lipinski definition) is 1. The highest BCUT2D eigenvalue weighted by molar-refractivity contribution is 4.70. The highest BCUT2D eigenvalue weighted by Gasteiger charge is 2.08. The predicted octanol–water partition coefficient (Wildman–Crippen LogP) is 2.67. The molecule has 10 heavy (non-hydrogen) atoms. The van der Waals surface area contributed by atoms with Gasteiger partial charge in [-0.3, -0.25) is 0 Å². The molecule has 2 atom stereocenters. The summed E-state index contributed by atoms with van der Waals surface area (Å²) >= 11 is 0. The average molecular weight is 143 g/mol. The van der Waals surface area contributed by atoms with E-state index in [9.17, 15) is 4.39 Å². The van der Waals surface area contributed by atoms with E-state index in [-0.39, 0.29) is 5.92 Å². The second kappa shape index (κ2) is 5.22. The van der Waals surface area contributed by atoms with Gasteiger partial charge in [-0.15, -0.1) is 0 Å². The topological polar surface area (TPSA) is 23.8 Å². The second-order valence-corrected chi connectivity index (χ2v) is 2.71. The van der Waals surface area contributed by atoms with Crippen molar-refractivity contribution in [2.24, 2.45) is 5.92 Å². The molecule has 0 saturated heterocycles. The summed E-state index contributed by atoms with van der Waals surface area (Å²) in [5.74, 6) is 0.105. The molecule has 0 rings (SSSR count). The van der Waals surface area contributed by atoms with Crippen molar-refractivity contribution >= 4 is 0 Å². The lowest BCUT2D eigenvalue weighted by Crippen LogP contribution is -2.07. The van der Waals surface area contributed by atoms with Crippen LogP contribution in [0, 0.1) is 17.2 Å². The fourth-order valence-electron chi connectivity index (χ4n) is 0.733. The molecule has 0 aromatic rings. The zero-order valence-corrected chi connectivity index (χ0v) is 6.60. The quantitative estimate of drug-likeness (QED) is 0.555. The summed E-state index contributed by atoms with van der Waals surface area (Å²) < 4.78 is 12.4. The first-order valence-corrected chi connectivity index (χ1v) is 3.69. The fraction of sp³-hybridized carbons (Fsp3) is 0.875. The smallest absolute Gasteiger partial charge is 0.0998 e. The molecule has 0 N–H and O–H groups in total. The first-order chi connectivity index (χ1) is 4.68. The Bertz CT molecular complexity index is 115. The monoisotopic (exact) mass is 143 g/mol. The molecule has 0 amide bonds. The molecule has 0 bridgehead atoms. The van der Waals surface area contributed by atoms with E-state index in [2.05, 4.69) is 0 Å². The number of halogens is 1. The molecule has 2 heteroatoms. The SMILES string of the molecule is C[C@H](F)[C@H](C)CCCC#N. The lowest BCUT2D eigenvalue weighted by atomic mass is 10.0. The Hall–Kier alpha value is -0.580. The van der Waals surface area contributed by atoms with E-state index in [1.165, 1.54) is 0 Å². The van der Waals surface area contributed by atoms with Gasteiger partial charge in [0.1, 0.15) is 0 Å². The van der Waals surface area contributed by atoms with Crippen LogP contribution >= 0.6 is 0 Å². The van der Waals surface area contributed by atoms with Crippen LogP contribution in [0.2, 0.25) is 0 Å². The largest absolute Gasteiger partial charge is 0.248 e. The van der Waals surface area contributed by atoms with E-state index in [0.717, 1.165) is 12.8 Å². The predicted molar refractivity (Wildman–Crippen MR) is 39.2 cm³/mol. The van der Waals surface area contributed by atoms with Gasteiger partial charge in [-0.05, 0) is 25.7 Å². The molecule has 0 aliphatic rings. The molecule has 0 saturated carbocycles. The molecule has 0 aliphatic carbocycles. The summed E-state index contributed by atoms with van der Waals surface area (Å²) in [6.45, 7) is 3.44. The van der Waals surface area contributed by atoms with Crippen molar-refractivity contribution in [3.05, 3.63) is 0 Å². The van der Waals surface area contributed by atoms with Crippen molar-refractivity contribution in [3.63, 3.8) is 0 Å². The standard InChI is InChI=1S/C8H14FN/c1-7(8(2)9)5-3-4-6-10/h7-8H,3-5H2,1-2H3/t7-,8+/m1/s1. The maximum atomic E-state index is 12.4. The molecule has 0 aromatic heterocycles. The molecule has 58 valence electrons. The Balaban J connectivity index is 3.23. The van der Waals surface area contributed by atoms with Gasteiger partial charge in [0.25, 0.3) is 0 Å². The molecule has 0 radical (unpaired) electrons. The third-order valence-electron chi connectivity index (χ3n) is 1.73. The summed E-state index contributed by atoms with van der Waals surface area (Å²) in [6.07, 6.45) is 1.47. The van der Waals surface area contributed by atoms with Crippen molar-refractivity contribution in [2.75, 3.05) is 0 Å². The van der Waals surface area contributed by atoms with Gasteiger partial charge in [0.15, 0.2) is 0 Å². The lowest BCUT2D eigenvalue weighted by Gasteiger charge is -2.10. The fourth-order valence-corrected chi connectivity index (χ4v) is 0.733. The van der Waals surface area contributed by atoms with Crippen LogP contribution in [0.5, 0.6) is 0 Å². The summed E-state index contributed by atoms with van der Waals surface area (Å²) in [7, 11) is 0. The highest BCUT2D eigenvalue weighted by Crippen LogP contribution is 2.13. The number of hydrogen-bond donors (Lipinski definition) is 0. The maximum Gasteiger partial charge on any atom is 0.0998 e. The molecule has 0 aromatic carbocycles. The Kier molecular flexibility index (Phi) is 4.92. The third kappa shape index (κ3) is 4.31. The maximum absolute atomic E-state index is 12.4. The van der Waals surface area contributed by atoms with Crippen molar-refractivity contribution in [1.82, 2.24) is 0 Å². The van der Waals surface area contributed by atoms with Crippen LogP contribution in [0.4, 0.5) is 4.39 Å². The summed E-state index contributed by atoms with van der Waals surface area (Å²) in [5, 5.41) is 8.17. The molecule has 0 fully saturated rings. The zero-order chi connectivity index (χ0) is 7.98. The van der Waals surface area contributed by atoms with E-state index >= 15 is 0 Å². The minimum atomic E-state index is -0.737. The summed E-state index contributed by atoms with van der Waals surface area (Å²) in [5.41, 5.74) is 0. The van der Waals surface area contributed by atoms with Gasteiger partial charge in [-0.25, -0.2) is 4.39 Å². The van der Waals surface area contributed by atoms with Crippen LogP contribution in [0.1, 0.15) is 33.1 Å². The second-order valence-electron chi connectivity index (χ2n) is 2.71. The van der Waals surface area contributed by atoms with Crippen LogP contribution in [-0.4, -0.2) is 6.17 Å². The Morgan fingerprint density at radius 3 is 2.50 bits per heavy atom. The third-order valence-corrected chi connectivity index (χ3v) is 1.73. The Morgan fingerprint density at radius 1 is 1.50 bits per heavy atom. The van der Waals surface area contributed by atoms with Gasteiger partial charge in [0, 0.05) is 6.42 Å². The van der Waals surface area contributed by atoms with Crippen molar-refractivity contribution in [1.29, 1.82) is 5.26 Å². The average Bonchev–Trinajstić information content (AvgIpc) is 1.88. The van der Waals surface area contributed by atoms with Gasteiger partial charge < -0.3 is 0 Å². The molecule has 0 heterocycles. The molecule has 0 aliphatic heterocycles. The van der Waals surface area contributed by atoms with E-state index in [1.807, 2.05) is 13.0 Å².